The van der Waals surface area contributed by atoms with Crippen molar-refractivity contribution >= 4 is 24.4 Å². The number of cyclic esters (lactones) is 1. The first-order valence-electron chi connectivity index (χ1n) is 10.1. The summed E-state index contributed by atoms with van der Waals surface area (Å²) in [5.41, 5.74) is 0.262. The molecule has 2 N–H and O–H groups in total. The summed E-state index contributed by atoms with van der Waals surface area (Å²) in [5.74, 6) is -2.12. The molecule has 0 unspecified atom stereocenters. The number of nitrogens with two attached hydrogens (primary N) is 1. The van der Waals surface area contributed by atoms with Crippen molar-refractivity contribution in [3.63, 3.8) is 0 Å². The van der Waals surface area contributed by atoms with E-state index in [0.717, 1.165) is 0 Å². The van der Waals surface area contributed by atoms with Crippen molar-refractivity contribution in [2.45, 2.75) is 94.5 Å². The van der Waals surface area contributed by atoms with Gasteiger partial charge in [0.05, 0.1) is 6.61 Å². The van der Waals surface area contributed by atoms with E-state index in [1.807, 2.05) is 20.8 Å². The molecule has 0 aliphatic carbocycles. The van der Waals surface area contributed by atoms with Crippen LogP contribution in [0.15, 0.2) is 0 Å². The van der Waals surface area contributed by atoms with Gasteiger partial charge >= 0.3 is 21.6 Å². The number of carbonyl (C=O) groups is 1. The maximum Gasteiger partial charge on any atom is 0.523 e. The lowest BCUT2D eigenvalue weighted by molar-refractivity contribution is -0.168. The summed E-state index contributed by atoms with van der Waals surface area (Å²) in [5, 5.41) is 0. The summed E-state index contributed by atoms with van der Waals surface area (Å²) in [4.78, 5) is 12.2. The molecule has 0 aromatic heterocycles. The predicted octanol–water partition coefficient (Wildman–Crippen LogP) is 2.02. The average Bonchev–Trinajstić information content (AvgIpc) is 3.16. The van der Waals surface area contributed by atoms with Gasteiger partial charge in [-0.15, -0.1) is 0 Å². The van der Waals surface area contributed by atoms with E-state index in [1.165, 1.54) is 13.8 Å². The number of rotatable bonds is 9. The van der Waals surface area contributed by atoms with Crippen LogP contribution in [0, 0.1) is 0 Å². The Bertz CT molecular complexity index is 751. The number of hydrogen-bond acceptors (Lipinski definition) is 9. The van der Waals surface area contributed by atoms with Crippen LogP contribution in [0.3, 0.4) is 0 Å². The topological polar surface area (TPSA) is 123 Å². The molecule has 9 nitrogen and oxygen atoms in total. The van der Waals surface area contributed by atoms with Gasteiger partial charge in [-0.25, -0.2) is 0 Å². The first-order valence-corrected chi connectivity index (χ1v) is 14.0. The molecule has 31 heavy (non-hydrogen) atoms. The Hall–Kier alpha value is -0.773. The quantitative estimate of drug-likeness (QED) is 0.222. The third kappa shape index (κ3) is 5.60. The monoisotopic (exact) mass is 493 g/mol. The molecule has 0 saturated carbocycles. The lowest BCUT2D eigenvalue weighted by Gasteiger charge is -2.36. The number of esters is 1. The van der Waals surface area contributed by atoms with Gasteiger partial charge < -0.3 is 24.4 Å². The van der Waals surface area contributed by atoms with E-state index in [-0.39, 0.29) is 6.61 Å². The van der Waals surface area contributed by atoms with Crippen molar-refractivity contribution in [1.29, 1.82) is 0 Å². The second-order valence-electron chi connectivity index (χ2n) is 8.08. The van der Waals surface area contributed by atoms with Crippen LogP contribution in [-0.4, -0.2) is 71.1 Å². The van der Waals surface area contributed by atoms with E-state index in [9.17, 15) is 26.4 Å². The molecule has 0 radical (unpaired) electrons. The molecule has 2 rings (SSSR count). The summed E-state index contributed by atoms with van der Waals surface area (Å²) in [7, 11) is -8.46. The van der Waals surface area contributed by atoms with E-state index in [0.29, 0.717) is 18.1 Å². The minimum atomic E-state index is -6.04. The smallest absolute Gasteiger partial charge is 0.455 e. The van der Waals surface area contributed by atoms with E-state index < -0.39 is 66.2 Å². The highest BCUT2D eigenvalue weighted by molar-refractivity contribution is 7.87. The lowest BCUT2D eigenvalue weighted by Crippen LogP contribution is -2.55. The Morgan fingerprint density at radius 1 is 1.23 bits per heavy atom. The summed E-state index contributed by atoms with van der Waals surface area (Å²) < 4.78 is 89.7. The van der Waals surface area contributed by atoms with Gasteiger partial charge in [-0.1, -0.05) is 20.8 Å². The summed E-state index contributed by atoms with van der Waals surface area (Å²) in [6.07, 6.45) is -5.87. The standard InChI is InChI=1S/C17H30F3NO8SSi/c1-6-31(7-2,8-3)29-13-11(21)15(22)26-14(13)12(10-9-25-16(4,5)27-10)28-30(23,24)17(18,19)20/h10-14H,6-9,21H2,1-5H3/t10-,11+,12-,13+,14+/m1/s1. The van der Waals surface area contributed by atoms with Crippen LogP contribution < -0.4 is 5.73 Å². The van der Waals surface area contributed by atoms with Gasteiger partial charge in [-0.05, 0) is 32.0 Å². The third-order valence-electron chi connectivity index (χ3n) is 5.76. The molecule has 0 bridgehead atoms. The van der Waals surface area contributed by atoms with E-state index in [2.05, 4.69) is 4.18 Å². The first kappa shape index (κ1) is 26.5. The maximum absolute atomic E-state index is 13.1. The number of halogens is 3. The highest BCUT2D eigenvalue weighted by Gasteiger charge is 2.58. The molecule has 0 aromatic carbocycles. The molecule has 0 spiro atoms. The lowest BCUT2D eigenvalue weighted by atomic mass is 10.0. The Morgan fingerprint density at radius 3 is 2.19 bits per heavy atom. The molecule has 5 atom stereocenters. The molecule has 2 fully saturated rings. The van der Waals surface area contributed by atoms with E-state index in [4.69, 9.17) is 24.4 Å². The van der Waals surface area contributed by atoms with Crippen LogP contribution in [0.5, 0.6) is 0 Å². The SMILES string of the molecule is CC[Si](CC)(CC)O[C@@H]1[C@H]([C@H](OS(=O)(=O)C(F)(F)F)[C@H]2COC(C)(C)O2)OC(=O)[C@H]1N. The molecular weight excluding hydrogens is 463 g/mol. The second-order valence-corrected chi connectivity index (χ2v) is 14.4. The molecule has 2 saturated heterocycles. The van der Waals surface area contributed by atoms with Gasteiger partial charge in [0.25, 0.3) is 0 Å². The fraction of sp³-hybridized carbons (Fsp3) is 0.941. The zero-order valence-corrected chi connectivity index (χ0v) is 19.9. The van der Waals surface area contributed by atoms with Crippen LogP contribution in [0.4, 0.5) is 13.2 Å². The summed E-state index contributed by atoms with van der Waals surface area (Å²) in [6.45, 7) is 8.47. The molecule has 2 aliphatic rings. The Balaban J connectivity index is 2.45. The van der Waals surface area contributed by atoms with Gasteiger partial charge in [-0.2, -0.15) is 21.6 Å². The number of ether oxygens (including phenoxy) is 3. The number of carbonyl (C=O) groups excluding carboxylic acids is 1. The van der Waals surface area contributed by atoms with Gasteiger partial charge in [0.1, 0.15) is 24.4 Å². The van der Waals surface area contributed by atoms with Crippen LogP contribution >= 0.6 is 0 Å². The van der Waals surface area contributed by atoms with Crippen molar-refractivity contribution in [2.75, 3.05) is 6.61 Å². The van der Waals surface area contributed by atoms with Crippen molar-refractivity contribution in [3.8, 4) is 0 Å². The van der Waals surface area contributed by atoms with Crippen molar-refractivity contribution < 1.29 is 49.2 Å². The van der Waals surface area contributed by atoms with Crippen LogP contribution in [0.1, 0.15) is 34.6 Å². The van der Waals surface area contributed by atoms with Gasteiger partial charge in [0.2, 0.25) is 0 Å². The normalized spacial score (nSPS) is 30.4. The fourth-order valence-corrected chi connectivity index (χ4v) is 7.20. The fourth-order valence-electron chi connectivity index (χ4n) is 3.71. The molecule has 0 aromatic rings. The van der Waals surface area contributed by atoms with Gasteiger partial charge in [0.15, 0.2) is 20.2 Å². The minimum absolute atomic E-state index is 0.279. The maximum atomic E-state index is 13.1. The Kier molecular flexibility index (Phi) is 7.88. The predicted molar refractivity (Wildman–Crippen MR) is 105 cm³/mol. The molecule has 182 valence electrons. The highest BCUT2D eigenvalue weighted by atomic mass is 32.2. The van der Waals surface area contributed by atoms with Gasteiger partial charge in [0, 0.05) is 0 Å². The summed E-state index contributed by atoms with van der Waals surface area (Å²) >= 11 is 0. The first-order chi connectivity index (χ1) is 14.1. The third-order valence-corrected chi connectivity index (χ3v) is 11.4. The molecular formula is C17H30F3NO8SSi. The Morgan fingerprint density at radius 2 is 1.77 bits per heavy atom. The van der Waals surface area contributed by atoms with Crippen molar-refractivity contribution in [3.05, 3.63) is 0 Å². The zero-order chi connectivity index (χ0) is 23.8. The van der Waals surface area contributed by atoms with E-state index >= 15 is 0 Å². The average molecular weight is 494 g/mol. The largest absolute Gasteiger partial charge is 0.523 e. The van der Waals surface area contributed by atoms with Crippen LogP contribution in [0.2, 0.25) is 18.1 Å². The van der Waals surface area contributed by atoms with E-state index in [1.54, 1.807) is 0 Å². The Labute approximate surface area is 180 Å². The second kappa shape index (κ2) is 9.23. The van der Waals surface area contributed by atoms with Crippen LogP contribution in [0.25, 0.3) is 0 Å². The summed E-state index contributed by atoms with van der Waals surface area (Å²) in [6, 6.07) is 0.669. The van der Waals surface area contributed by atoms with Crippen LogP contribution in [-0.2, 0) is 37.7 Å². The molecule has 14 heteroatoms. The number of alkyl halides is 3. The van der Waals surface area contributed by atoms with Crippen molar-refractivity contribution in [1.82, 2.24) is 0 Å². The van der Waals surface area contributed by atoms with Gasteiger partial charge in [-0.3, -0.25) is 8.98 Å². The highest BCUT2D eigenvalue weighted by Crippen LogP contribution is 2.37. The number of hydrogen-bond donors (Lipinski definition) is 1. The molecule has 2 aliphatic heterocycles. The minimum Gasteiger partial charge on any atom is -0.455 e. The van der Waals surface area contributed by atoms with Crippen molar-refractivity contribution in [2.24, 2.45) is 5.73 Å². The molecule has 0 amide bonds. The zero-order valence-electron chi connectivity index (χ0n) is 18.1. The molecule has 2 heterocycles.